The van der Waals surface area contributed by atoms with Gasteiger partial charge in [-0.3, -0.25) is 9.59 Å². The lowest BCUT2D eigenvalue weighted by Crippen LogP contribution is -2.31. The minimum absolute atomic E-state index is 0.0848. The number of carbonyl (C=O) groups is 2. The first-order valence-corrected chi connectivity index (χ1v) is 10.5. The zero-order chi connectivity index (χ0) is 23.5. The maximum atomic E-state index is 12.3. The van der Waals surface area contributed by atoms with E-state index in [9.17, 15) is 9.59 Å². The van der Waals surface area contributed by atoms with Crippen molar-refractivity contribution in [3.05, 3.63) is 102 Å². The number of ether oxygens (including phenoxy) is 2. The van der Waals surface area contributed by atoms with Crippen molar-refractivity contribution in [1.82, 2.24) is 10.7 Å². The molecule has 0 unspecified atom stereocenters. The smallest absolute Gasteiger partial charge is 0.273 e. The van der Waals surface area contributed by atoms with Crippen LogP contribution in [0.4, 0.5) is 0 Å². The van der Waals surface area contributed by atoms with Crippen LogP contribution in [-0.4, -0.2) is 31.7 Å². The highest BCUT2D eigenvalue weighted by Gasteiger charge is 2.19. The third-order valence-corrected chi connectivity index (χ3v) is 4.89. The van der Waals surface area contributed by atoms with Crippen LogP contribution >= 0.6 is 0 Å². The maximum absolute atomic E-state index is 12.3. The van der Waals surface area contributed by atoms with Crippen molar-refractivity contribution < 1.29 is 19.1 Å². The van der Waals surface area contributed by atoms with E-state index < -0.39 is 6.10 Å². The van der Waals surface area contributed by atoms with Crippen LogP contribution in [0.25, 0.3) is 0 Å². The van der Waals surface area contributed by atoms with Gasteiger partial charge in [-0.2, -0.15) is 5.10 Å². The van der Waals surface area contributed by atoms with Gasteiger partial charge in [0.05, 0.1) is 12.3 Å². The second kappa shape index (κ2) is 12.2. The van der Waals surface area contributed by atoms with Gasteiger partial charge in [0.1, 0.15) is 5.75 Å². The van der Waals surface area contributed by atoms with Gasteiger partial charge in [-0.05, 0) is 47.9 Å². The first-order valence-electron chi connectivity index (χ1n) is 10.5. The van der Waals surface area contributed by atoms with Crippen LogP contribution in [0, 0.1) is 0 Å². The second-order valence-corrected chi connectivity index (χ2v) is 7.32. The number of nitrogens with zero attached hydrogens (tertiary/aromatic N) is 1. The average molecular weight is 446 g/mol. The van der Waals surface area contributed by atoms with E-state index in [1.807, 2.05) is 67.6 Å². The molecule has 0 heterocycles. The second-order valence-electron chi connectivity index (χ2n) is 7.32. The van der Waals surface area contributed by atoms with Crippen LogP contribution in [0.1, 0.15) is 35.8 Å². The number of amides is 2. The lowest BCUT2D eigenvalue weighted by Gasteiger charge is -2.14. The molecule has 0 aliphatic rings. The van der Waals surface area contributed by atoms with Crippen molar-refractivity contribution in [3.8, 4) is 5.75 Å². The highest BCUT2D eigenvalue weighted by molar-refractivity contribution is 5.85. The Labute approximate surface area is 193 Å². The van der Waals surface area contributed by atoms with Crippen molar-refractivity contribution >= 4 is 18.0 Å². The molecule has 33 heavy (non-hydrogen) atoms. The Morgan fingerprint density at radius 1 is 0.909 bits per heavy atom. The Hall–Kier alpha value is -3.97. The Morgan fingerprint density at radius 3 is 2.12 bits per heavy atom. The normalized spacial score (nSPS) is 12.7. The lowest BCUT2D eigenvalue weighted by atomic mass is 10.1. The molecule has 0 aliphatic heterocycles. The summed E-state index contributed by atoms with van der Waals surface area (Å²) in [4.78, 5) is 24.5. The van der Waals surface area contributed by atoms with Crippen LogP contribution in [0.2, 0.25) is 0 Å². The summed E-state index contributed by atoms with van der Waals surface area (Å²) in [7, 11) is 1.47. The van der Waals surface area contributed by atoms with Crippen LogP contribution in [-0.2, 0) is 14.3 Å². The topological polar surface area (TPSA) is 89.0 Å². The number of methoxy groups -OCH3 is 1. The molecule has 0 fully saturated rings. The number of rotatable bonds is 10. The number of nitrogens with one attached hydrogen (secondary N) is 2. The molecule has 0 bridgehead atoms. The van der Waals surface area contributed by atoms with Gasteiger partial charge in [-0.1, -0.05) is 60.7 Å². The molecule has 170 valence electrons. The average Bonchev–Trinajstić information content (AvgIpc) is 2.85. The Morgan fingerprint density at radius 2 is 1.52 bits per heavy atom. The number of hydrogen-bond acceptors (Lipinski definition) is 5. The molecule has 0 saturated heterocycles. The zero-order valence-electron chi connectivity index (χ0n) is 18.6. The Kier molecular flexibility index (Phi) is 8.73. The molecule has 0 spiro atoms. The number of hydrogen-bond donors (Lipinski definition) is 2. The van der Waals surface area contributed by atoms with E-state index in [1.54, 1.807) is 24.3 Å². The minimum Gasteiger partial charge on any atom is -0.484 e. The molecule has 0 radical (unpaired) electrons. The van der Waals surface area contributed by atoms with Crippen LogP contribution < -0.4 is 15.5 Å². The van der Waals surface area contributed by atoms with Gasteiger partial charge in [-0.15, -0.1) is 0 Å². The first-order chi connectivity index (χ1) is 16.1. The molecule has 3 rings (SSSR count). The molecular formula is C26H27N3O4. The van der Waals surface area contributed by atoms with Crippen molar-refractivity contribution in [2.24, 2.45) is 5.10 Å². The highest BCUT2D eigenvalue weighted by Crippen LogP contribution is 2.16. The van der Waals surface area contributed by atoms with Crippen LogP contribution in [0.15, 0.2) is 90.0 Å². The van der Waals surface area contributed by atoms with Gasteiger partial charge >= 0.3 is 0 Å². The largest absolute Gasteiger partial charge is 0.484 e. The number of benzene rings is 3. The molecule has 0 saturated carbocycles. The summed E-state index contributed by atoms with van der Waals surface area (Å²) in [6.07, 6.45) is 0.781. The minimum atomic E-state index is -0.741. The van der Waals surface area contributed by atoms with E-state index in [0.29, 0.717) is 5.75 Å². The van der Waals surface area contributed by atoms with Gasteiger partial charge in [0.2, 0.25) is 0 Å². The lowest BCUT2D eigenvalue weighted by molar-refractivity contribution is -0.131. The molecule has 7 heteroatoms. The summed E-state index contributed by atoms with van der Waals surface area (Å²) in [6, 6.07) is 25.9. The predicted octanol–water partition coefficient (Wildman–Crippen LogP) is 3.78. The van der Waals surface area contributed by atoms with E-state index in [0.717, 1.165) is 16.7 Å². The summed E-state index contributed by atoms with van der Waals surface area (Å²) in [6.45, 7) is 1.84. The van der Waals surface area contributed by atoms with Crippen LogP contribution in [0.3, 0.4) is 0 Å². The van der Waals surface area contributed by atoms with Crippen molar-refractivity contribution in [1.29, 1.82) is 0 Å². The standard InChI is InChI=1S/C26H27N3O4/c1-19(21-9-5-3-6-10-21)28-24(30)18-33-23-15-13-20(14-16-23)17-27-29-26(31)25(32-2)22-11-7-4-8-12-22/h3-17,19,25H,18H2,1-2H3,(H,28,30)(H,29,31)/b27-17-/t19-,25+/m0/s1. The van der Waals surface area contributed by atoms with E-state index in [4.69, 9.17) is 9.47 Å². The Balaban J connectivity index is 1.45. The monoisotopic (exact) mass is 445 g/mol. The van der Waals surface area contributed by atoms with E-state index in [2.05, 4.69) is 15.8 Å². The van der Waals surface area contributed by atoms with E-state index >= 15 is 0 Å². The molecule has 3 aromatic carbocycles. The number of hydrazone groups is 1. The summed E-state index contributed by atoms with van der Waals surface area (Å²) in [5.41, 5.74) is 5.03. The van der Waals surface area contributed by atoms with Crippen LogP contribution in [0.5, 0.6) is 5.75 Å². The zero-order valence-corrected chi connectivity index (χ0v) is 18.6. The van der Waals surface area contributed by atoms with E-state index in [-0.39, 0.29) is 24.5 Å². The van der Waals surface area contributed by atoms with Gasteiger partial charge in [0.15, 0.2) is 12.7 Å². The quantitative estimate of drug-likeness (QED) is 0.367. The van der Waals surface area contributed by atoms with Gasteiger partial charge in [-0.25, -0.2) is 5.43 Å². The van der Waals surface area contributed by atoms with Crippen molar-refractivity contribution in [3.63, 3.8) is 0 Å². The van der Waals surface area contributed by atoms with Gasteiger partial charge in [0.25, 0.3) is 11.8 Å². The molecule has 2 atom stereocenters. The molecule has 2 N–H and O–H groups in total. The molecule has 2 amide bonds. The summed E-state index contributed by atoms with van der Waals surface area (Å²) < 4.78 is 10.8. The molecular weight excluding hydrogens is 418 g/mol. The third kappa shape index (κ3) is 7.29. The van der Waals surface area contributed by atoms with E-state index in [1.165, 1.54) is 13.3 Å². The fraction of sp³-hybridized carbons (Fsp3) is 0.192. The molecule has 7 nitrogen and oxygen atoms in total. The van der Waals surface area contributed by atoms with Crippen molar-refractivity contribution in [2.45, 2.75) is 19.1 Å². The predicted molar refractivity (Wildman–Crippen MR) is 127 cm³/mol. The molecule has 0 aromatic heterocycles. The fourth-order valence-electron chi connectivity index (χ4n) is 3.16. The highest BCUT2D eigenvalue weighted by atomic mass is 16.5. The SMILES string of the molecule is CO[C@@H](C(=O)N/N=C\c1ccc(OCC(=O)N[C@@H](C)c2ccccc2)cc1)c1ccccc1. The van der Waals surface area contributed by atoms with Gasteiger partial charge in [0, 0.05) is 7.11 Å². The van der Waals surface area contributed by atoms with Gasteiger partial charge < -0.3 is 14.8 Å². The summed E-state index contributed by atoms with van der Waals surface area (Å²) in [5, 5.41) is 6.90. The molecule has 0 aliphatic carbocycles. The summed E-state index contributed by atoms with van der Waals surface area (Å²) in [5.74, 6) is -0.0105. The summed E-state index contributed by atoms with van der Waals surface area (Å²) >= 11 is 0. The number of carbonyl (C=O) groups excluding carboxylic acids is 2. The third-order valence-electron chi connectivity index (χ3n) is 4.89. The van der Waals surface area contributed by atoms with Crippen molar-refractivity contribution in [2.75, 3.05) is 13.7 Å². The maximum Gasteiger partial charge on any atom is 0.273 e. The fourth-order valence-corrected chi connectivity index (χ4v) is 3.16. The Bertz CT molecular complexity index is 1050. The first kappa shape index (κ1) is 23.7. The molecule has 3 aromatic rings.